The van der Waals surface area contributed by atoms with Crippen molar-refractivity contribution in [2.45, 2.75) is 17.3 Å². The van der Waals surface area contributed by atoms with Gasteiger partial charge >= 0.3 is 0 Å². The topological polar surface area (TPSA) is 29.5 Å². The van der Waals surface area contributed by atoms with Crippen molar-refractivity contribution in [1.29, 1.82) is 0 Å². The molecule has 2 aromatic rings. The quantitative estimate of drug-likeness (QED) is 0.847. The molecule has 0 fully saturated rings. The molecule has 0 saturated carbocycles. The molecule has 1 N–H and O–H groups in total. The van der Waals surface area contributed by atoms with Gasteiger partial charge in [-0.15, -0.1) is 11.8 Å². The number of ether oxygens (including phenoxy) is 1. The second-order valence-corrected chi connectivity index (χ2v) is 5.07. The predicted molar refractivity (Wildman–Crippen MR) is 74.9 cm³/mol. The minimum Gasteiger partial charge on any atom is -0.494 e. The zero-order valence-corrected chi connectivity index (χ0v) is 11.4. The molecule has 0 spiro atoms. The van der Waals surface area contributed by atoms with Crippen LogP contribution < -0.4 is 4.74 Å². The molecule has 0 heterocycles. The molecule has 0 aliphatic rings. The zero-order chi connectivity index (χ0) is 13.7. The number of rotatable bonds is 5. The van der Waals surface area contributed by atoms with Gasteiger partial charge in [0.1, 0.15) is 0 Å². The summed E-state index contributed by atoms with van der Waals surface area (Å²) in [6, 6.07) is 12.7. The summed E-state index contributed by atoms with van der Waals surface area (Å²) in [7, 11) is 1.46. The van der Waals surface area contributed by atoms with Gasteiger partial charge < -0.3 is 9.84 Å². The van der Waals surface area contributed by atoms with Crippen LogP contribution in [0.5, 0.6) is 5.75 Å². The summed E-state index contributed by atoms with van der Waals surface area (Å²) < 4.78 is 18.9. The Bertz CT molecular complexity index is 540. The molecule has 0 radical (unpaired) electrons. The molecule has 2 nitrogen and oxygen atoms in total. The van der Waals surface area contributed by atoms with Crippen LogP contribution in [0.3, 0.4) is 0 Å². The van der Waals surface area contributed by atoms with Crippen molar-refractivity contribution in [3.63, 3.8) is 0 Å². The Morgan fingerprint density at radius 2 is 1.89 bits per heavy atom. The number of hydrogen-bond acceptors (Lipinski definition) is 3. The second-order valence-electron chi connectivity index (χ2n) is 4.02. The van der Waals surface area contributed by atoms with Crippen molar-refractivity contribution in [2.75, 3.05) is 7.11 Å². The molecule has 0 aliphatic carbocycles. The van der Waals surface area contributed by atoms with Crippen LogP contribution >= 0.6 is 11.8 Å². The van der Waals surface area contributed by atoms with E-state index in [1.165, 1.54) is 7.11 Å². The number of methoxy groups -OCH3 is 1. The number of aliphatic hydroxyl groups excluding tert-OH is 1. The summed E-state index contributed by atoms with van der Waals surface area (Å²) >= 11 is 1.55. The first-order valence-corrected chi connectivity index (χ1v) is 6.87. The molecule has 0 saturated heterocycles. The van der Waals surface area contributed by atoms with Gasteiger partial charge in [-0.3, -0.25) is 0 Å². The molecule has 100 valence electrons. The highest BCUT2D eigenvalue weighted by atomic mass is 32.2. The van der Waals surface area contributed by atoms with Crippen LogP contribution in [0, 0.1) is 5.82 Å². The Hall–Kier alpha value is -1.52. The Balaban J connectivity index is 2.05. The summed E-state index contributed by atoms with van der Waals surface area (Å²) in [5.41, 5.74) is 1.49. The third kappa shape index (κ3) is 3.49. The molecule has 4 heteroatoms. The smallest absolute Gasteiger partial charge is 0.169 e. The van der Waals surface area contributed by atoms with Gasteiger partial charge in [0.05, 0.1) is 13.7 Å². The summed E-state index contributed by atoms with van der Waals surface area (Å²) in [5.74, 6) is 0.514. The zero-order valence-electron chi connectivity index (χ0n) is 10.6. The number of benzene rings is 2. The van der Waals surface area contributed by atoms with Crippen LogP contribution in [0.2, 0.25) is 0 Å². The van der Waals surface area contributed by atoms with Gasteiger partial charge in [0.15, 0.2) is 11.6 Å². The lowest BCUT2D eigenvalue weighted by Gasteiger charge is -2.07. The molecular formula is C15H15FO2S. The molecule has 0 aliphatic heterocycles. The molecule has 0 bridgehead atoms. The second kappa shape index (κ2) is 6.59. The summed E-state index contributed by atoms with van der Waals surface area (Å²) in [4.78, 5) is 1.04. The van der Waals surface area contributed by atoms with Crippen LogP contribution in [0.15, 0.2) is 47.4 Å². The summed E-state index contributed by atoms with van der Waals surface area (Å²) in [6.07, 6.45) is 0. The maximum absolute atomic E-state index is 13.9. The molecule has 0 aromatic heterocycles. The molecule has 0 unspecified atom stereocenters. The first kappa shape index (κ1) is 13.9. The van der Waals surface area contributed by atoms with Crippen LogP contribution in [0.1, 0.15) is 11.1 Å². The van der Waals surface area contributed by atoms with Gasteiger partial charge in [0.25, 0.3) is 0 Å². The Morgan fingerprint density at radius 1 is 1.16 bits per heavy atom. The van der Waals surface area contributed by atoms with Gasteiger partial charge in [0, 0.05) is 16.2 Å². The number of thioether (sulfide) groups is 1. The van der Waals surface area contributed by atoms with Crippen LogP contribution in [-0.4, -0.2) is 12.2 Å². The van der Waals surface area contributed by atoms with Crippen LogP contribution in [0.4, 0.5) is 4.39 Å². The molecule has 2 aromatic carbocycles. The number of hydrogen-bond donors (Lipinski definition) is 1. The van der Waals surface area contributed by atoms with Gasteiger partial charge in [-0.25, -0.2) is 4.39 Å². The van der Waals surface area contributed by atoms with Gasteiger partial charge in [-0.2, -0.15) is 0 Å². The first-order valence-electron chi connectivity index (χ1n) is 5.88. The maximum Gasteiger partial charge on any atom is 0.169 e. The lowest BCUT2D eigenvalue weighted by atomic mass is 10.2. The van der Waals surface area contributed by atoms with Crippen molar-refractivity contribution in [3.05, 3.63) is 59.4 Å². The minimum atomic E-state index is -0.301. The van der Waals surface area contributed by atoms with Crippen molar-refractivity contribution in [3.8, 4) is 5.75 Å². The van der Waals surface area contributed by atoms with E-state index in [1.807, 2.05) is 24.3 Å². The Labute approximate surface area is 116 Å². The first-order chi connectivity index (χ1) is 9.24. The standard InChI is InChI=1S/C15H15FO2S/c1-18-14-4-2-3-12(15(14)16)10-19-13-7-5-11(9-17)6-8-13/h2-8,17H,9-10H2,1H3. The lowest BCUT2D eigenvalue weighted by molar-refractivity contribution is 0.282. The van der Waals surface area contributed by atoms with E-state index in [-0.39, 0.29) is 18.2 Å². The van der Waals surface area contributed by atoms with E-state index in [0.29, 0.717) is 11.3 Å². The molecule has 0 atom stereocenters. The highest BCUT2D eigenvalue weighted by Crippen LogP contribution is 2.27. The fourth-order valence-electron chi connectivity index (χ4n) is 1.68. The fraction of sp³-hybridized carbons (Fsp3) is 0.200. The predicted octanol–water partition coefficient (Wildman–Crippen LogP) is 3.62. The van der Waals surface area contributed by atoms with Crippen molar-refractivity contribution in [1.82, 2.24) is 0 Å². The van der Waals surface area contributed by atoms with Crippen LogP contribution in [-0.2, 0) is 12.4 Å². The third-order valence-electron chi connectivity index (χ3n) is 2.76. The van der Waals surface area contributed by atoms with E-state index in [4.69, 9.17) is 9.84 Å². The number of aliphatic hydroxyl groups is 1. The van der Waals surface area contributed by atoms with E-state index < -0.39 is 0 Å². The SMILES string of the molecule is COc1cccc(CSc2ccc(CO)cc2)c1F. The normalized spacial score (nSPS) is 10.5. The lowest BCUT2D eigenvalue weighted by Crippen LogP contribution is -1.93. The van der Waals surface area contributed by atoms with Crippen molar-refractivity contribution >= 4 is 11.8 Å². The largest absolute Gasteiger partial charge is 0.494 e. The van der Waals surface area contributed by atoms with Gasteiger partial charge in [-0.05, 0) is 23.8 Å². The fourth-order valence-corrected chi connectivity index (χ4v) is 2.55. The average molecular weight is 278 g/mol. The van der Waals surface area contributed by atoms with Crippen molar-refractivity contribution in [2.24, 2.45) is 0 Å². The highest BCUT2D eigenvalue weighted by Gasteiger charge is 2.08. The Morgan fingerprint density at radius 3 is 2.53 bits per heavy atom. The summed E-state index contributed by atoms with van der Waals surface area (Å²) in [5, 5.41) is 8.96. The van der Waals surface area contributed by atoms with E-state index in [9.17, 15) is 4.39 Å². The highest BCUT2D eigenvalue weighted by molar-refractivity contribution is 7.98. The Kier molecular flexibility index (Phi) is 4.82. The van der Waals surface area contributed by atoms with Gasteiger partial charge in [0.2, 0.25) is 0 Å². The van der Waals surface area contributed by atoms with E-state index in [0.717, 1.165) is 10.5 Å². The minimum absolute atomic E-state index is 0.0372. The van der Waals surface area contributed by atoms with Crippen LogP contribution in [0.25, 0.3) is 0 Å². The average Bonchev–Trinajstić information content (AvgIpc) is 2.47. The van der Waals surface area contributed by atoms with E-state index in [2.05, 4.69) is 0 Å². The number of halogens is 1. The van der Waals surface area contributed by atoms with E-state index >= 15 is 0 Å². The van der Waals surface area contributed by atoms with Gasteiger partial charge in [-0.1, -0.05) is 24.3 Å². The molecule has 0 amide bonds. The molecular weight excluding hydrogens is 263 g/mol. The third-order valence-corrected chi connectivity index (χ3v) is 3.82. The van der Waals surface area contributed by atoms with Crippen molar-refractivity contribution < 1.29 is 14.2 Å². The molecule has 2 rings (SSSR count). The summed E-state index contributed by atoms with van der Waals surface area (Å²) in [6.45, 7) is 0.0372. The maximum atomic E-state index is 13.9. The monoisotopic (exact) mass is 278 g/mol. The van der Waals surface area contributed by atoms with E-state index in [1.54, 1.807) is 30.0 Å². The molecule has 19 heavy (non-hydrogen) atoms.